The Morgan fingerprint density at radius 2 is 2.20 bits per heavy atom. The second-order valence-corrected chi connectivity index (χ2v) is 5.44. The summed E-state index contributed by atoms with van der Waals surface area (Å²) in [6.07, 6.45) is 1.27. The number of methoxy groups -OCH3 is 1. The molecule has 0 amide bonds. The van der Waals surface area contributed by atoms with Crippen LogP contribution in [-0.2, 0) is 11.2 Å². The molecule has 1 heterocycles. The predicted molar refractivity (Wildman–Crippen MR) is 67.0 cm³/mol. The van der Waals surface area contributed by atoms with Crippen LogP contribution >= 0.6 is 22.9 Å². The van der Waals surface area contributed by atoms with Gasteiger partial charge in [0.25, 0.3) is 0 Å². The van der Waals surface area contributed by atoms with Gasteiger partial charge in [-0.3, -0.25) is 0 Å². The van der Waals surface area contributed by atoms with E-state index in [9.17, 15) is 0 Å². The normalized spacial score (nSPS) is 15.2. The maximum atomic E-state index is 5.85. The zero-order valence-electron chi connectivity index (χ0n) is 9.42. The first-order valence-electron chi connectivity index (χ1n) is 5.14. The molecule has 0 aliphatic rings. The lowest BCUT2D eigenvalue weighted by Crippen LogP contribution is -2.37. The smallest absolute Gasteiger partial charge is 0.0931 e. The van der Waals surface area contributed by atoms with Gasteiger partial charge in [-0.05, 0) is 32.4 Å². The molecule has 2 nitrogen and oxygen atoms in total. The van der Waals surface area contributed by atoms with E-state index in [2.05, 4.69) is 25.2 Å². The molecule has 15 heavy (non-hydrogen) atoms. The number of rotatable bonds is 6. The SMILES string of the molecule is COC(C)C(C)NCCc1ccc(Cl)s1. The van der Waals surface area contributed by atoms with Gasteiger partial charge in [-0.1, -0.05) is 11.6 Å². The lowest BCUT2D eigenvalue weighted by Gasteiger charge is -2.19. The molecule has 1 aromatic rings. The molecule has 1 N–H and O–H groups in total. The molecule has 1 aromatic heterocycles. The summed E-state index contributed by atoms with van der Waals surface area (Å²) in [4.78, 5) is 1.32. The summed E-state index contributed by atoms with van der Waals surface area (Å²) >= 11 is 7.50. The fourth-order valence-electron chi connectivity index (χ4n) is 1.28. The minimum Gasteiger partial charge on any atom is -0.380 e. The van der Waals surface area contributed by atoms with Crippen LogP contribution in [-0.4, -0.2) is 25.8 Å². The van der Waals surface area contributed by atoms with Crippen LogP contribution in [0.3, 0.4) is 0 Å². The maximum absolute atomic E-state index is 5.85. The minimum atomic E-state index is 0.247. The molecule has 1 rings (SSSR count). The zero-order valence-corrected chi connectivity index (χ0v) is 11.0. The third-order valence-corrected chi connectivity index (χ3v) is 3.83. The van der Waals surface area contributed by atoms with Crippen molar-refractivity contribution in [3.63, 3.8) is 0 Å². The van der Waals surface area contributed by atoms with Crippen LogP contribution in [0.2, 0.25) is 4.34 Å². The van der Waals surface area contributed by atoms with E-state index < -0.39 is 0 Å². The molecule has 0 spiro atoms. The molecule has 0 aromatic carbocycles. The standard InChI is InChI=1S/C11H18ClNOS/c1-8(9(2)14-3)13-7-6-10-4-5-11(12)15-10/h4-5,8-9,13H,6-7H2,1-3H3. The summed E-state index contributed by atoms with van der Waals surface area (Å²) in [6.45, 7) is 5.17. The summed E-state index contributed by atoms with van der Waals surface area (Å²) < 4.78 is 6.10. The van der Waals surface area contributed by atoms with Crippen molar-refractivity contribution in [2.45, 2.75) is 32.4 Å². The summed E-state index contributed by atoms with van der Waals surface area (Å²) in [5.41, 5.74) is 0. The highest BCUT2D eigenvalue weighted by atomic mass is 35.5. The van der Waals surface area contributed by atoms with E-state index in [1.54, 1.807) is 18.4 Å². The zero-order chi connectivity index (χ0) is 11.3. The Bertz CT molecular complexity index is 290. The molecule has 4 heteroatoms. The van der Waals surface area contributed by atoms with Gasteiger partial charge in [0.05, 0.1) is 10.4 Å². The van der Waals surface area contributed by atoms with E-state index in [-0.39, 0.29) is 6.10 Å². The Balaban J connectivity index is 2.21. The molecular weight excluding hydrogens is 230 g/mol. The molecule has 0 aliphatic carbocycles. The van der Waals surface area contributed by atoms with Gasteiger partial charge in [0.15, 0.2) is 0 Å². The Kier molecular flexibility index (Phi) is 5.61. The van der Waals surface area contributed by atoms with Crippen molar-refractivity contribution >= 4 is 22.9 Å². The van der Waals surface area contributed by atoms with Crippen molar-refractivity contribution in [1.29, 1.82) is 0 Å². The van der Waals surface area contributed by atoms with Gasteiger partial charge in [-0.25, -0.2) is 0 Å². The highest BCUT2D eigenvalue weighted by Gasteiger charge is 2.09. The van der Waals surface area contributed by atoms with Gasteiger partial charge in [-0.15, -0.1) is 11.3 Å². The first-order valence-corrected chi connectivity index (χ1v) is 6.33. The highest BCUT2D eigenvalue weighted by molar-refractivity contribution is 7.16. The van der Waals surface area contributed by atoms with Crippen LogP contribution in [0, 0.1) is 0 Å². The van der Waals surface area contributed by atoms with E-state index in [0.29, 0.717) is 6.04 Å². The summed E-state index contributed by atoms with van der Waals surface area (Å²) in [5, 5.41) is 3.43. The third kappa shape index (κ3) is 4.51. The van der Waals surface area contributed by atoms with Gasteiger partial charge >= 0.3 is 0 Å². The van der Waals surface area contributed by atoms with Crippen molar-refractivity contribution in [3.8, 4) is 0 Å². The Morgan fingerprint density at radius 3 is 2.73 bits per heavy atom. The molecule has 2 atom stereocenters. The minimum absolute atomic E-state index is 0.247. The van der Waals surface area contributed by atoms with Crippen LogP contribution in [0.25, 0.3) is 0 Å². The summed E-state index contributed by atoms with van der Waals surface area (Å²) in [7, 11) is 1.74. The van der Waals surface area contributed by atoms with Gasteiger partial charge in [0.1, 0.15) is 0 Å². The maximum Gasteiger partial charge on any atom is 0.0931 e. The fraction of sp³-hybridized carbons (Fsp3) is 0.636. The summed E-state index contributed by atoms with van der Waals surface area (Å²) in [5.74, 6) is 0. The van der Waals surface area contributed by atoms with Crippen molar-refractivity contribution in [2.75, 3.05) is 13.7 Å². The Labute approximate surface area is 101 Å². The number of ether oxygens (including phenoxy) is 1. The number of hydrogen-bond acceptors (Lipinski definition) is 3. The second-order valence-electron chi connectivity index (χ2n) is 3.64. The first-order chi connectivity index (χ1) is 7.13. The van der Waals surface area contributed by atoms with Crippen molar-refractivity contribution in [1.82, 2.24) is 5.32 Å². The molecule has 0 saturated carbocycles. The quantitative estimate of drug-likeness (QED) is 0.835. The Hall–Kier alpha value is -0.0900. The Morgan fingerprint density at radius 1 is 1.47 bits per heavy atom. The number of nitrogens with one attached hydrogen (secondary N) is 1. The second kappa shape index (κ2) is 6.48. The van der Waals surface area contributed by atoms with Gasteiger partial charge in [-0.2, -0.15) is 0 Å². The van der Waals surface area contributed by atoms with Crippen LogP contribution in [0.5, 0.6) is 0 Å². The van der Waals surface area contributed by atoms with Crippen molar-refractivity contribution < 1.29 is 4.74 Å². The van der Waals surface area contributed by atoms with E-state index >= 15 is 0 Å². The molecule has 0 bridgehead atoms. The number of thiophene rings is 1. The molecule has 0 fully saturated rings. The highest BCUT2D eigenvalue weighted by Crippen LogP contribution is 2.21. The molecule has 0 saturated heterocycles. The van der Waals surface area contributed by atoms with E-state index in [1.807, 2.05) is 6.07 Å². The average molecular weight is 248 g/mol. The van der Waals surface area contributed by atoms with Gasteiger partial charge in [0, 0.05) is 24.6 Å². The van der Waals surface area contributed by atoms with Crippen molar-refractivity contribution in [3.05, 3.63) is 21.3 Å². The van der Waals surface area contributed by atoms with E-state index in [0.717, 1.165) is 17.3 Å². The van der Waals surface area contributed by atoms with Crippen LogP contribution < -0.4 is 5.32 Å². The number of halogens is 1. The molecule has 0 aliphatic heterocycles. The molecular formula is C11H18ClNOS. The third-order valence-electron chi connectivity index (χ3n) is 2.54. The molecule has 86 valence electrons. The topological polar surface area (TPSA) is 21.3 Å². The molecule has 0 radical (unpaired) electrons. The van der Waals surface area contributed by atoms with Gasteiger partial charge in [0.2, 0.25) is 0 Å². The lowest BCUT2D eigenvalue weighted by molar-refractivity contribution is 0.0890. The first kappa shape index (κ1) is 13.0. The number of hydrogen-bond donors (Lipinski definition) is 1. The monoisotopic (exact) mass is 247 g/mol. The predicted octanol–water partition coefficient (Wildman–Crippen LogP) is 2.96. The van der Waals surface area contributed by atoms with Crippen LogP contribution in [0.4, 0.5) is 0 Å². The largest absolute Gasteiger partial charge is 0.380 e. The van der Waals surface area contributed by atoms with Crippen molar-refractivity contribution in [2.24, 2.45) is 0 Å². The van der Waals surface area contributed by atoms with Gasteiger partial charge < -0.3 is 10.1 Å². The van der Waals surface area contributed by atoms with E-state index in [1.165, 1.54) is 4.88 Å². The molecule has 2 unspecified atom stereocenters. The van der Waals surface area contributed by atoms with Crippen LogP contribution in [0.1, 0.15) is 18.7 Å². The average Bonchev–Trinajstić information content (AvgIpc) is 2.63. The lowest BCUT2D eigenvalue weighted by atomic mass is 10.2. The van der Waals surface area contributed by atoms with E-state index in [4.69, 9.17) is 16.3 Å². The van der Waals surface area contributed by atoms with Crippen LogP contribution in [0.15, 0.2) is 12.1 Å². The fourth-order valence-corrected chi connectivity index (χ4v) is 2.37. The summed E-state index contributed by atoms with van der Waals surface area (Å²) in [6, 6.07) is 4.41.